The molecule has 0 aromatic carbocycles. The number of ether oxygens (including phenoxy) is 2. The molecule has 17 nitrogen and oxygen atoms in total. The van der Waals surface area contributed by atoms with Gasteiger partial charge in [0, 0.05) is 23.8 Å². The lowest BCUT2D eigenvalue weighted by atomic mass is 10.0. The minimum atomic E-state index is -4.94. The van der Waals surface area contributed by atoms with Gasteiger partial charge in [0.1, 0.15) is 18.8 Å². The normalized spacial score (nSPS) is 15.6. The van der Waals surface area contributed by atoms with Crippen LogP contribution < -0.4 is 5.73 Å². The Morgan fingerprint density at radius 3 is 1.83 bits per heavy atom. The zero-order valence-corrected chi connectivity index (χ0v) is 44.3. The molecule has 69 heavy (non-hydrogen) atoms. The first-order valence-electron chi connectivity index (χ1n) is 25.1. The molecule has 6 atom stereocenters. The fourth-order valence-corrected chi connectivity index (χ4v) is 8.96. The van der Waals surface area contributed by atoms with Gasteiger partial charge in [0.2, 0.25) is 0 Å². The molecule has 0 radical (unpaired) electrons. The highest BCUT2D eigenvalue weighted by atomic mass is 32.2. The Bertz CT molecular complexity index is 1540. The van der Waals surface area contributed by atoms with Crippen molar-refractivity contribution in [3.05, 3.63) is 48.6 Å². The van der Waals surface area contributed by atoms with Gasteiger partial charge in [-0.3, -0.25) is 28.0 Å². The Morgan fingerprint density at radius 1 is 0.652 bits per heavy atom. The molecule has 0 aliphatic carbocycles. The first-order valence-corrected chi connectivity index (χ1v) is 29.2. The van der Waals surface area contributed by atoms with Gasteiger partial charge in [-0.05, 0) is 44.4 Å². The van der Waals surface area contributed by atoms with Crippen LogP contribution in [0.5, 0.6) is 0 Å². The molecule has 0 aliphatic heterocycles. The third-order valence-electron chi connectivity index (χ3n) is 10.6. The van der Waals surface area contributed by atoms with E-state index in [1.54, 1.807) is 18.2 Å². The van der Waals surface area contributed by atoms with Gasteiger partial charge in [-0.2, -0.15) is 0 Å². The number of hydrogen-bond donors (Lipinski definition) is 7. The number of rotatable bonds is 47. The number of phosphoric ester groups is 2. The number of thioether (sulfide) groups is 1. The fourth-order valence-electron chi connectivity index (χ4n) is 6.68. The van der Waals surface area contributed by atoms with Crippen LogP contribution in [-0.4, -0.2) is 110 Å². The van der Waals surface area contributed by atoms with E-state index in [1.165, 1.54) is 83.5 Å². The van der Waals surface area contributed by atoms with Gasteiger partial charge in [-0.15, -0.1) is 11.8 Å². The van der Waals surface area contributed by atoms with Crippen LogP contribution in [-0.2, 0) is 46.6 Å². The number of aliphatic hydroxyl groups excluding tert-OH is 2. The van der Waals surface area contributed by atoms with E-state index in [0.717, 1.165) is 56.2 Å². The predicted octanol–water partition coefficient (Wildman–Crippen LogP) is 10.2. The van der Waals surface area contributed by atoms with Crippen molar-refractivity contribution in [1.82, 2.24) is 0 Å². The molecule has 0 aliphatic rings. The molecule has 402 valence electrons. The van der Waals surface area contributed by atoms with Crippen LogP contribution in [0.3, 0.4) is 0 Å². The molecule has 0 rings (SSSR count). The summed E-state index contributed by atoms with van der Waals surface area (Å²) in [6, 6.07) is -1.22. The minimum absolute atomic E-state index is 0.0223. The minimum Gasteiger partial charge on any atom is -0.481 e. The summed E-state index contributed by atoms with van der Waals surface area (Å²) in [5, 5.41) is 29.3. The lowest BCUT2D eigenvalue weighted by Gasteiger charge is -2.22. The summed E-state index contributed by atoms with van der Waals surface area (Å²) in [6.07, 6.45) is 34.3. The van der Waals surface area contributed by atoms with Crippen molar-refractivity contribution in [2.75, 3.05) is 32.2 Å². The maximum Gasteiger partial charge on any atom is 0.472 e. The first-order chi connectivity index (χ1) is 32.8. The summed E-state index contributed by atoms with van der Waals surface area (Å²) in [6.45, 7) is 3.50. The second-order valence-electron chi connectivity index (χ2n) is 17.8. The molecule has 0 aromatic rings. The first kappa shape index (κ1) is 66.8. The van der Waals surface area contributed by atoms with E-state index in [2.05, 4.69) is 37.4 Å². The number of hydrogen-bond acceptors (Lipinski definition) is 14. The number of phosphoric acid groups is 2. The average Bonchev–Trinajstić information content (AvgIpc) is 3.28. The number of aliphatic carboxylic acids is 1. The van der Waals surface area contributed by atoms with Gasteiger partial charge < -0.3 is 45.2 Å². The number of allylic oxidation sites excluding steroid dienone is 7. The van der Waals surface area contributed by atoms with Crippen LogP contribution in [0.4, 0.5) is 0 Å². The monoisotopic (exact) mass is 1040 g/mol. The smallest absolute Gasteiger partial charge is 0.472 e. The Balaban J connectivity index is 5.26. The van der Waals surface area contributed by atoms with Gasteiger partial charge in [-0.25, -0.2) is 9.13 Å². The molecule has 20 heteroatoms. The van der Waals surface area contributed by atoms with Gasteiger partial charge in [0.15, 0.2) is 6.10 Å². The van der Waals surface area contributed by atoms with E-state index in [9.17, 15) is 38.6 Å². The highest BCUT2D eigenvalue weighted by Crippen LogP contribution is 2.44. The van der Waals surface area contributed by atoms with Crippen molar-refractivity contribution < 1.29 is 76.6 Å². The number of carboxylic acid groups (broad SMARTS) is 1. The quantitative estimate of drug-likeness (QED) is 0.00981. The number of unbranched alkanes of at least 4 members (excludes halogenated alkanes) is 16. The molecule has 0 fully saturated rings. The highest BCUT2D eigenvalue weighted by Gasteiger charge is 2.29. The predicted molar refractivity (Wildman–Crippen MR) is 272 cm³/mol. The maximum absolute atomic E-state index is 13.1. The number of carbonyl (C=O) groups is 3. The molecule has 0 amide bonds. The molecule has 0 bridgehead atoms. The van der Waals surface area contributed by atoms with Crippen molar-refractivity contribution in [2.24, 2.45) is 11.7 Å². The number of carboxylic acids is 1. The molecule has 1 unspecified atom stereocenters. The summed E-state index contributed by atoms with van der Waals surface area (Å²) in [4.78, 5) is 64.8. The van der Waals surface area contributed by atoms with Crippen molar-refractivity contribution in [3.8, 4) is 0 Å². The van der Waals surface area contributed by atoms with Gasteiger partial charge in [0.25, 0.3) is 0 Å². The van der Waals surface area contributed by atoms with E-state index in [-0.39, 0.29) is 31.4 Å². The van der Waals surface area contributed by atoms with E-state index in [4.69, 9.17) is 39.1 Å². The van der Waals surface area contributed by atoms with Crippen molar-refractivity contribution in [2.45, 2.75) is 204 Å². The van der Waals surface area contributed by atoms with Crippen molar-refractivity contribution in [1.29, 1.82) is 0 Å². The van der Waals surface area contributed by atoms with Gasteiger partial charge >= 0.3 is 33.6 Å². The van der Waals surface area contributed by atoms with E-state index in [1.807, 2.05) is 18.2 Å². The lowest BCUT2D eigenvalue weighted by molar-refractivity contribution is -0.161. The summed E-state index contributed by atoms with van der Waals surface area (Å²) in [5.41, 5.74) is 6.17. The Hall–Kier alpha value is -2.18. The van der Waals surface area contributed by atoms with E-state index >= 15 is 0 Å². The Labute approximate surface area is 417 Å². The number of carbonyl (C=O) groups excluding carboxylic acids is 2. The summed E-state index contributed by atoms with van der Waals surface area (Å²) >= 11 is 1.16. The standard InChI is InChI=1S/C49H89NO16P2S/c1-4-5-6-7-8-9-10-16-19-22-25-28-33-46(45(52)32-30-34-47(53)54)69-40-44(50)49(56)62-38-43(39-65-68(60,61)64-37-42(51)36-63-67(57,58)59)66-48(55)35-29-26-23-20-17-14-12-11-13-15-18-21-24-27-31-41(2)3/h8-9,16,19,22,25,28,33,41-46,51-52H,4-7,10-15,17-18,20-21,23-24,26-27,29-32,34-40,50H2,1-3H3,(H,53,54)(H,60,61)(H2,57,58,59)/b9-8-,19-16-,25-22+,33-28+/t42-,43+,44-,45-,46+/m0/s1. The number of aliphatic hydroxyl groups is 2. The third-order valence-corrected chi connectivity index (χ3v) is 13.5. The maximum atomic E-state index is 13.1. The molecule has 0 spiro atoms. The Kier molecular flexibility index (Phi) is 42.0. The summed E-state index contributed by atoms with van der Waals surface area (Å²) in [5.74, 6) is -1.79. The van der Waals surface area contributed by atoms with Crippen molar-refractivity contribution >= 4 is 45.3 Å². The molecule has 0 saturated heterocycles. The van der Waals surface area contributed by atoms with Crippen LogP contribution in [0, 0.1) is 5.92 Å². The second kappa shape index (κ2) is 43.4. The molecular weight excluding hydrogens is 953 g/mol. The van der Waals surface area contributed by atoms with Crippen LogP contribution >= 0.6 is 27.4 Å². The zero-order chi connectivity index (χ0) is 51.6. The topological polar surface area (TPSA) is 279 Å². The number of esters is 2. The van der Waals surface area contributed by atoms with E-state index < -0.39 is 89.6 Å². The summed E-state index contributed by atoms with van der Waals surface area (Å²) in [7, 11) is -9.87. The van der Waals surface area contributed by atoms with Gasteiger partial charge in [-0.1, -0.05) is 172 Å². The van der Waals surface area contributed by atoms with Crippen LogP contribution in [0.2, 0.25) is 0 Å². The lowest BCUT2D eigenvalue weighted by Crippen LogP contribution is -2.38. The van der Waals surface area contributed by atoms with E-state index in [0.29, 0.717) is 6.42 Å². The van der Waals surface area contributed by atoms with Crippen LogP contribution in [0.15, 0.2) is 48.6 Å². The van der Waals surface area contributed by atoms with Crippen molar-refractivity contribution in [3.63, 3.8) is 0 Å². The second-order valence-corrected chi connectivity index (χ2v) is 21.7. The Morgan fingerprint density at radius 2 is 1.23 bits per heavy atom. The highest BCUT2D eigenvalue weighted by molar-refractivity contribution is 8.00. The van der Waals surface area contributed by atoms with Crippen LogP contribution in [0.25, 0.3) is 0 Å². The average molecular weight is 1040 g/mol. The molecule has 0 aromatic heterocycles. The largest absolute Gasteiger partial charge is 0.481 e. The van der Waals surface area contributed by atoms with Crippen LogP contribution in [0.1, 0.15) is 175 Å². The molecular formula is C49H89NO16P2S. The number of nitrogens with two attached hydrogens (primary N) is 1. The third kappa shape index (κ3) is 45.4. The molecule has 8 N–H and O–H groups in total. The molecule has 0 saturated carbocycles. The molecule has 0 heterocycles. The fraction of sp³-hybridized carbons (Fsp3) is 0.776. The summed E-state index contributed by atoms with van der Waals surface area (Å²) < 4.78 is 48.1. The van der Waals surface area contributed by atoms with Gasteiger partial charge in [0.05, 0.1) is 25.9 Å². The SMILES string of the molecule is CCCCC/C=C\C\C=C/C=C/C=C/[C@@H](SC[C@H](N)C(=O)OC[C@H](COP(=O)(O)OC[C@@H](O)COP(=O)(O)O)OC(=O)CCCCCCCCCCCCCCCCC(C)C)[C@@H](O)CCCC(=O)O. The zero-order valence-electron chi connectivity index (χ0n) is 41.7.